The molecular weight excluding hydrogens is 258 g/mol. The van der Waals surface area contributed by atoms with Crippen LogP contribution in [0.3, 0.4) is 0 Å². The summed E-state index contributed by atoms with van der Waals surface area (Å²) in [7, 11) is 0. The SMILES string of the molecule is S=c1n(-c2ccccn2)cnn1CN1CCCCC1. The maximum absolute atomic E-state index is 5.47. The van der Waals surface area contributed by atoms with E-state index in [1.807, 2.05) is 27.4 Å². The van der Waals surface area contributed by atoms with Crippen LogP contribution in [0.15, 0.2) is 30.7 Å². The Bertz CT molecular complexity index is 583. The summed E-state index contributed by atoms with van der Waals surface area (Å²) < 4.78 is 4.42. The molecule has 3 heterocycles. The smallest absolute Gasteiger partial charge is 0.204 e. The molecule has 0 saturated carbocycles. The van der Waals surface area contributed by atoms with E-state index in [1.54, 1.807) is 12.5 Å². The van der Waals surface area contributed by atoms with Crippen LogP contribution in [0, 0.1) is 4.77 Å². The van der Waals surface area contributed by atoms with Crippen LogP contribution in [0.4, 0.5) is 0 Å². The summed E-state index contributed by atoms with van der Waals surface area (Å²) in [5.74, 6) is 0.817. The highest BCUT2D eigenvalue weighted by atomic mass is 32.1. The summed E-state index contributed by atoms with van der Waals surface area (Å²) >= 11 is 5.47. The Labute approximate surface area is 117 Å². The summed E-state index contributed by atoms with van der Waals surface area (Å²) in [4.78, 5) is 6.70. The molecule has 100 valence electrons. The Morgan fingerprint density at radius 3 is 2.74 bits per heavy atom. The minimum atomic E-state index is 0.698. The van der Waals surface area contributed by atoms with E-state index in [-0.39, 0.29) is 0 Å². The zero-order valence-corrected chi connectivity index (χ0v) is 11.6. The fourth-order valence-electron chi connectivity index (χ4n) is 2.38. The molecule has 0 radical (unpaired) electrons. The first kappa shape index (κ1) is 12.5. The molecule has 1 saturated heterocycles. The van der Waals surface area contributed by atoms with Crippen molar-refractivity contribution in [2.75, 3.05) is 13.1 Å². The number of aromatic nitrogens is 4. The Morgan fingerprint density at radius 1 is 1.16 bits per heavy atom. The van der Waals surface area contributed by atoms with Gasteiger partial charge in [-0.1, -0.05) is 12.5 Å². The molecule has 0 aliphatic carbocycles. The van der Waals surface area contributed by atoms with Gasteiger partial charge in [-0.25, -0.2) is 9.67 Å². The minimum Gasteiger partial charge on any atom is -0.284 e. The van der Waals surface area contributed by atoms with Crippen LogP contribution in [0.1, 0.15) is 19.3 Å². The van der Waals surface area contributed by atoms with Gasteiger partial charge in [-0.05, 0) is 50.3 Å². The first-order valence-corrected chi connectivity index (χ1v) is 7.03. The van der Waals surface area contributed by atoms with Gasteiger partial charge in [0.05, 0.1) is 6.67 Å². The van der Waals surface area contributed by atoms with E-state index >= 15 is 0 Å². The first-order chi connectivity index (χ1) is 9.34. The molecule has 0 unspecified atom stereocenters. The van der Waals surface area contributed by atoms with Crippen LogP contribution in [-0.2, 0) is 6.67 Å². The van der Waals surface area contributed by atoms with Gasteiger partial charge in [-0.3, -0.25) is 9.47 Å². The standard InChI is InChI=1S/C13H17N5S/c19-13-17(12-6-2-3-7-14-12)10-15-18(13)11-16-8-4-1-5-9-16/h2-3,6-7,10H,1,4-5,8-9,11H2. The van der Waals surface area contributed by atoms with E-state index in [0.717, 1.165) is 25.6 Å². The van der Waals surface area contributed by atoms with Crippen LogP contribution in [0.25, 0.3) is 5.82 Å². The Balaban J connectivity index is 1.81. The third-order valence-electron chi connectivity index (χ3n) is 3.41. The molecule has 19 heavy (non-hydrogen) atoms. The molecule has 0 spiro atoms. The topological polar surface area (TPSA) is 38.9 Å². The van der Waals surface area contributed by atoms with Crippen LogP contribution in [0.2, 0.25) is 0 Å². The maximum atomic E-state index is 5.47. The predicted molar refractivity (Wildman–Crippen MR) is 75.6 cm³/mol. The van der Waals surface area contributed by atoms with Crippen molar-refractivity contribution < 1.29 is 0 Å². The second kappa shape index (κ2) is 5.63. The quantitative estimate of drug-likeness (QED) is 0.805. The lowest BCUT2D eigenvalue weighted by Gasteiger charge is -2.25. The second-order valence-corrected chi connectivity index (χ2v) is 5.16. The fourth-order valence-corrected chi connectivity index (χ4v) is 2.62. The van der Waals surface area contributed by atoms with Gasteiger partial charge in [0.2, 0.25) is 4.77 Å². The monoisotopic (exact) mass is 275 g/mol. The van der Waals surface area contributed by atoms with Gasteiger partial charge in [0.1, 0.15) is 12.1 Å². The molecule has 0 bridgehead atoms. The van der Waals surface area contributed by atoms with Gasteiger partial charge in [-0.15, -0.1) is 0 Å². The Kier molecular flexibility index (Phi) is 3.70. The normalized spacial score (nSPS) is 16.6. The number of piperidine rings is 1. The van der Waals surface area contributed by atoms with E-state index < -0.39 is 0 Å². The molecule has 5 nitrogen and oxygen atoms in total. The van der Waals surface area contributed by atoms with E-state index in [9.17, 15) is 0 Å². The number of pyridine rings is 1. The summed E-state index contributed by atoms with van der Waals surface area (Å²) in [5, 5.41) is 4.38. The van der Waals surface area contributed by atoms with Crippen molar-refractivity contribution in [3.05, 3.63) is 35.5 Å². The molecule has 1 aliphatic rings. The number of hydrogen-bond donors (Lipinski definition) is 0. The highest BCUT2D eigenvalue weighted by Gasteiger charge is 2.12. The van der Waals surface area contributed by atoms with Gasteiger partial charge in [0, 0.05) is 6.20 Å². The molecule has 0 amide bonds. The summed E-state index contributed by atoms with van der Waals surface area (Å²) in [6.45, 7) is 3.05. The number of hydrogen-bond acceptors (Lipinski definition) is 4. The molecule has 0 atom stereocenters. The zero-order valence-electron chi connectivity index (χ0n) is 10.8. The lowest BCUT2D eigenvalue weighted by Crippen LogP contribution is -2.32. The first-order valence-electron chi connectivity index (χ1n) is 6.63. The third kappa shape index (κ3) is 2.74. The van der Waals surface area contributed by atoms with Crippen molar-refractivity contribution >= 4 is 12.2 Å². The highest BCUT2D eigenvalue weighted by molar-refractivity contribution is 7.71. The van der Waals surface area contributed by atoms with Crippen molar-refractivity contribution in [2.45, 2.75) is 25.9 Å². The fraction of sp³-hybridized carbons (Fsp3) is 0.462. The van der Waals surface area contributed by atoms with Crippen LogP contribution in [-0.4, -0.2) is 37.3 Å². The largest absolute Gasteiger partial charge is 0.284 e. The summed E-state index contributed by atoms with van der Waals surface area (Å²) in [5.41, 5.74) is 0. The van der Waals surface area contributed by atoms with Gasteiger partial charge < -0.3 is 0 Å². The Morgan fingerprint density at radius 2 is 2.00 bits per heavy atom. The average molecular weight is 275 g/mol. The summed E-state index contributed by atoms with van der Waals surface area (Å²) in [6, 6.07) is 5.78. The van der Waals surface area contributed by atoms with Gasteiger partial charge >= 0.3 is 0 Å². The van der Waals surface area contributed by atoms with Crippen LogP contribution in [0.5, 0.6) is 0 Å². The molecule has 1 fully saturated rings. The molecule has 0 N–H and O–H groups in total. The lowest BCUT2D eigenvalue weighted by atomic mass is 10.1. The van der Waals surface area contributed by atoms with Gasteiger partial charge in [0.25, 0.3) is 0 Å². The maximum Gasteiger partial charge on any atom is 0.204 e. The highest BCUT2D eigenvalue weighted by Crippen LogP contribution is 2.10. The number of nitrogens with zero attached hydrogens (tertiary/aromatic N) is 5. The average Bonchev–Trinajstić information content (AvgIpc) is 2.82. The van der Waals surface area contributed by atoms with E-state index in [4.69, 9.17) is 12.2 Å². The predicted octanol–water partition coefficient (Wildman–Crippen LogP) is 2.24. The zero-order chi connectivity index (χ0) is 13.1. The van der Waals surface area contributed by atoms with Crippen LogP contribution >= 0.6 is 12.2 Å². The second-order valence-electron chi connectivity index (χ2n) is 4.79. The molecule has 1 aliphatic heterocycles. The van der Waals surface area contributed by atoms with E-state index in [0.29, 0.717) is 4.77 Å². The van der Waals surface area contributed by atoms with Crippen molar-refractivity contribution in [1.82, 2.24) is 24.2 Å². The van der Waals surface area contributed by atoms with Gasteiger partial charge in [-0.2, -0.15) is 5.10 Å². The lowest BCUT2D eigenvalue weighted by molar-refractivity contribution is 0.172. The summed E-state index contributed by atoms with van der Waals surface area (Å²) in [6.07, 6.45) is 7.39. The van der Waals surface area contributed by atoms with Crippen molar-refractivity contribution in [3.8, 4) is 5.82 Å². The van der Waals surface area contributed by atoms with E-state index in [2.05, 4.69) is 15.0 Å². The van der Waals surface area contributed by atoms with Gasteiger partial charge in [0.15, 0.2) is 0 Å². The van der Waals surface area contributed by atoms with Crippen molar-refractivity contribution in [3.63, 3.8) is 0 Å². The minimum absolute atomic E-state index is 0.698. The molecule has 6 heteroatoms. The van der Waals surface area contributed by atoms with Crippen molar-refractivity contribution in [1.29, 1.82) is 0 Å². The molecule has 3 rings (SSSR count). The van der Waals surface area contributed by atoms with Crippen molar-refractivity contribution in [2.24, 2.45) is 0 Å². The molecule has 2 aromatic rings. The molecular formula is C13H17N5S. The number of rotatable bonds is 3. The van der Waals surface area contributed by atoms with Crippen LogP contribution < -0.4 is 0 Å². The Hall–Kier alpha value is -1.53. The molecule has 0 aromatic carbocycles. The number of likely N-dealkylation sites (tertiary alicyclic amines) is 1. The molecule has 2 aromatic heterocycles. The third-order valence-corrected chi connectivity index (χ3v) is 3.82. The van der Waals surface area contributed by atoms with E-state index in [1.165, 1.54) is 19.3 Å².